The molecule has 0 saturated heterocycles. The van der Waals surface area contributed by atoms with E-state index in [0.717, 1.165) is 27.4 Å². The molecule has 0 amide bonds. The fourth-order valence-corrected chi connectivity index (χ4v) is 3.89. The first kappa shape index (κ1) is 18.2. The molecule has 2 heterocycles. The van der Waals surface area contributed by atoms with Gasteiger partial charge in [-0.1, -0.05) is 35.8 Å². The Labute approximate surface area is 170 Å². The Morgan fingerprint density at radius 2 is 1.85 bits per heavy atom. The number of aliphatic imine (C=N–C) groups is 1. The van der Waals surface area contributed by atoms with Crippen molar-refractivity contribution in [3.8, 4) is 0 Å². The Bertz CT molecular complexity index is 1040. The van der Waals surface area contributed by atoms with Crippen molar-refractivity contribution in [3.05, 3.63) is 93.0 Å². The van der Waals surface area contributed by atoms with E-state index in [2.05, 4.69) is 12.0 Å². The topological polar surface area (TPSA) is 27.6 Å². The minimum atomic E-state index is -0.291. The van der Waals surface area contributed by atoms with Gasteiger partial charge < -0.3 is 0 Å². The van der Waals surface area contributed by atoms with Gasteiger partial charge in [-0.3, -0.25) is 5.01 Å². The SMILES string of the molecule is C=C1c2ccsc2N=C(c2ccc(F)cc2)N1NCc1ccc(Cl)c(Cl)c1. The molecule has 1 N–H and O–H groups in total. The van der Waals surface area contributed by atoms with Crippen LogP contribution in [-0.4, -0.2) is 10.8 Å². The Morgan fingerprint density at radius 1 is 1.07 bits per heavy atom. The van der Waals surface area contributed by atoms with Gasteiger partial charge in [-0.25, -0.2) is 14.8 Å². The largest absolute Gasteiger partial charge is 0.259 e. The van der Waals surface area contributed by atoms with Gasteiger partial charge in [-0.2, -0.15) is 0 Å². The molecular weight excluding hydrogens is 404 g/mol. The van der Waals surface area contributed by atoms with Crippen LogP contribution in [0.4, 0.5) is 9.39 Å². The number of nitrogens with zero attached hydrogens (tertiary/aromatic N) is 2. The molecule has 3 aromatic rings. The number of benzene rings is 2. The Balaban J connectivity index is 1.66. The lowest BCUT2D eigenvalue weighted by molar-refractivity contribution is 0.419. The molecule has 1 aliphatic heterocycles. The van der Waals surface area contributed by atoms with Gasteiger partial charge in [0.25, 0.3) is 0 Å². The summed E-state index contributed by atoms with van der Waals surface area (Å²) in [5, 5.41) is 5.70. The van der Waals surface area contributed by atoms with Gasteiger partial charge in [0.1, 0.15) is 10.8 Å². The molecule has 0 spiro atoms. The normalized spacial score (nSPS) is 13.5. The zero-order valence-electron chi connectivity index (χ0n) is 14.0. The highest BCUT2D eigenvalue weighted by Crippen LogP contribution is 2.38. The average molecular weight is 418 g/mol. The molecule has 2 aromatic carbocycles. The molecule has 1 aromatic heterocycles. The molecule has 7 heteroatoms. The lowest BCUT2D eigenvalue weighted by Gasteiger charge is -2.31. The third-order valence-corrected chi connectivity index (χ3v) is 5.72. The van der Waals surface area contributed by atoms with Gasteiger partial charge in [0.15, 0.2) is 5.84 Å². The van der Waals surface area contributed by atoms with Crippen molar-refractivity contribution < 1.29 is 4.39 Å². The van der Waals surface area contributed by atoms with Gasteiger partial charge in [0.05, 0.1) is 15.7 Å². The van der Waals surface area contributed by atoms with E-state index >= 15 is 0 Å². The summed E-state index contributed by atoms with van der Waals surface area (Å²) in [6, 6.07) is 13.7. The zero-order valence-corrected chi connectivity index (χ0v) is 16.4. The molecule has 1 aliphatic rings. The van der Waals surface area contributed by atoms with Crippen LogP contribution in [0.2, 0.25) is 10.0 Å². The summed E-state index contributed by atoms with van der Waals surface area (Å²) < 4.78 is 13.3. The molecule has 136 valence electrons. The minimum absolute atomic E-state index is 0.291. The summed E-state index contributed by atoms with van der Waals surface area (Å²) in [5.74, 6) is 0.371. The number of amidine groups is 1. The van der Waals surface area contributed by atoms with Crippen LogP contribution in [0.25, 0.3) is 5.70 Å². The molecule has 3 nitrogen and oxygen atoms in total. The van der Waals surface area contributed by atoms with Crippen LogP contribution in [0.5, 0.6) is 0 Å². The van der Waals surface area contributed by atoms with E-state index in [0.29, 0.717) is 22.4 Å². The third-order valence-electron chi connectivity index (χ3n) is 4.17. The minimum Gasteiger partial charge on any atom is -0.259 e. The van der Waals surface area contributed by atoms with E-state index in [1.165, 1.54) is 12.1 Å². The van der Waals surface area contributed by atoms with Crippen LogP contribution in [0.3, 0.4) is 0 Å². The number of hydrazine groups is 1. The van der Waals surface area contributed by atoms with Crippen LogP contribution < -0.4 is 5.43 Å². The standard InChI is InChI=1S/C20H14Cl2FN3S/c1-12-16-8-9-27-20(16)25-19(14-3-5-15(23)6-4-14)26(12)24-11-13-2-7-17(21)18(22)10-13/h2-10,24H,1,11H2. The second-order valence-corrected chi connectivity index (χ2v) is 7.66. The number of halogens is 3. The van der Waals surface area contributed by atoms with Crippen molar-refractivity contribution in [1.82, 2.24) is 10.4 Å². The number of thiophene rings is 1. The van der Waals surface area contributed by atoms with E-state index in [1.54, 1.807) is 29.5 Å². The highest BCUT2D eigenvalue weighted by atomic mass is 35.5. The number of fused-ring (bicyclic) bond motifs is 1. The number of nitrogens with one attached hydrogen (secondary N) is 1. The Hall–Kier alpha value is -2.18. The first-order valence-electron chi connectivity index (χ1n) is 8.12. The molecule has 0 bridgehead atoms. The van der Waals surface area contributed by atoms with Crippen LogP contribution in [0.15, 0.2) is 65.5 Å². The number of rotatable bonds is 4. The molecule has 0 fully saturated rings. The third kappa shape index (κ3) is 3.64. The van der Waals surface area contributed by atoms with Crippen molar-refractivity contribution in [2.75, 3.05) is 0 Å². The lowest BCUT2D eigenvalue weighted by atomic mass is 10.1. The molecule has 0 atom stereocenters. The fraction of sp³-hybridized carbons (Fsp3) is 0.0500. The predicted octanol–water partition coefficient (Wildman–Crippen LogP) is 6.26. The lowest BCUT2D eigenvalue weighted by Crippen LogP contribution is -2.42. The maximum absolute atomic E-state index is 13.3. The maximum Gasteiger partial charge on any atom is 0.156 e. The summed E-state index contributed by atoms with van der Waals surface area (Å²) in [6.45, 7) is 4.71. The molecule has 27 heavy (non-hydrogen) atoms. The van der Waals surface area contributed by atoms with E-state index in [-0.39, 0.29) is 5.82 Å². The van der Waals surface area contributed by atoms with Crippen LogP contribution in [0, 0.1) is 5.82 Å². The van der Waals surface area contributed by atoms with Crippen molar-refractivity contribution >= 4 is 51.1 Å². The van der Waals surface area contributed by atoms with Gasteiger partial charge >= 0.3 is 0 Å². The zero-order chi connectivity index (χ0) is 19.0. The second-order valence-electron chi connectivity index (χ2n) is 5.95. The smallest absolute Gasteiger partial charge is 0.156 e. The maximum atomic E-state index is 13.3. The fourth-order valence-electron chi connectivity index (χ4n) is 2.78. The summed E-state index contributed by atoms with van der Waals surface area (Å²) in [4.78, 5) is 4.75. The molecule has 4 rings (SSSR count). The quantitative estimate of drug-likeness (QED) is 0.541. The van der Waals surface area contributed by atoms with Gasteiger partial charge in [-0.15, -0.1) is 11.3 Å². The van der Waals surface area contributed by atoms with E-state index < -0.39 is 0 Å². The molecule has 0 unspecified atom stereocenters. The number of hydrogen-bond donors (Lipinski definition) is 1. The first-order chi connectivity index (χ1) is 13.0. The Kier molecular flexibility index (Phi) is 5.02. The summed E-state index contributed by atoms with van der Waals surface area (Å²) in [7, 11) is 0. The van der Waals surface area contributed by atoms with Crippen molar-refractivity contribution in [2.45, 2.75) is 6.54 Å². The first-order valence-corrected chi connectivity index (χ1v) is 9.75. The number of hydrogen-bond acceptors (Lipinski definition) is 4. The van der Waals surface area contributed by atoms with Crippen molar-refractivity contribution in [1.29, 1.82) is 0 Å². The van der Waals surface area contributed by atoms with E-state index in [1.807, 2.05) is 28.6 Å². The molecule has 0 aliphatic carbocycles. The van der Waals surface area contributed by atoms with E-state index in [9.17, 15) is 4.39 Å². The highest BCUT2D eigenvalue weighted by Gasteiger charge is 2.25. The second kappa shape index (κ2) is 7.44. The molecule has 0 radical (unpaired) electrons. The van der Waals surface area contributed by atoms with Crippen LogP contribution in [-0.2, 0) is 6.54 Å². The van der Waals surface area contributed by atoms with E-state index in [4.69, 9.17) is 28.2 Å². The van der Waals surface area contributed by atoms with Gasteiger partial charge in [0, 0.05) is 17.7 Å². The Morgan fingerprint density at radius 3 is 2.59 bits per heavy atom. The van der Waals surface area contributed by atoms with Crippen molar-refractivity contribution in [2.24, 2.45) is 4.99 Å². The summed E-state index contributed by atoms with van der Waals surface area (Å²) >= 11 is 13.6. The van der Waals surface area contributed by atoms with Gasteiger partial charge in [-0.05, 0) is 53.4 Å². The predicted molar refractivity (Wildman–Crippen MR) is 111 cm³/mol. The average Bonchev–Trinajstić information content (AvgIpc) is 3.13. The summed E-state index contributed by atoms with van der Waals surface area (Å²) in [6.07, 6.45) is 0. The van der Waals surface area contributed by atoms with Crippen LogP contribution in [0.1, 0.15) is 16.7 Å². The monoisotopic (exact) mass is 417 g/mol. The van der Waals surface area contributed by atoms with Crippen molar-refractivity contribution in [3.63, 3.8) is 0 Å². The van der Waals surface area contributed by atoms with Gasteiger partial charge in [0.2, 0.25) is 0 Å². The molecular formula is C20H14Cl2FN3S. The highest BCUT2D eigenvalue weighted by molar-refractivity contribution is 7.14. The summed E-state index contributed by atoms with van der Waals surface area (Å²) in [5.41, 5.74) is 6.84. The molecule has 0 saturated carbocycles. The van der Waals surface area contributed by atoms with Crippen LogP contribution >= 0.6 is 34.5 Å².